The molecular weight excluding hydrogens is 367 g/mol. The van der Waals surface area contributed by atoms with Gasteiger partial charge in [0.05, 0.1) is 26.2 Å². The maximum Gasteiger partial charge on any atom is 0.236 e. The Bertz CT molecular complexity index is 864. The molecule has 1 N–H and O–H groups in total. The van der Waals surface area contributed by atoms with Crippen LogP contribution in [0.15, 0.2) is 60.0 Å². The molecule has 0 aliphatic carbocycles. The SMILES string of the molecule is O=S(=O)(/C=C/c1ccccc1)N1CC[NH+](CCOc2ccccc2F)CC1. The summed E-state index contributed by atoms with van der Waals surface area (Å²) >= 11 is 0. The smallest absolute Gasteiger partial charge is 0.236 e. The first-order valence-corrected chi connectivity index (χ1v) is 10.5. The zero-order chi connectivity index (χ0) is 19.1. The molecule has 0 aromatic heterocycles. The lowest BCUT2D eigenvalue weighted by Crippen LogP contribution is -3.15. The largest absolute Gasteiger partial charge is 0.485 e. The molecule has 1 aliphatic rings. The van der Waals surface area contributed by atoms with Crippen molar-refractivity contribution >= 4 is 16.1 Å². The number of ether oxygens (including phenoxy) is 1. The van der Waals surface area contributed by atoms with E-state index in [9.17, 15) is 12.8 Å². The normalized spacial score (nSPS) is 16.6. The minimum Gasteiger partial charge on any atom is -0.485 e. The summed E-state index contributed by atoms with van der Waals surface area (Å²) in [6.07, 6.45) is 1.62. The molecular formula is C20H24FN2O3S+. The average Bonchev–Trinajstić information content (AvgIpc) is 2.69. The lowest BCUT2D eigenvalue weighted by molar-refractivity contribution is -0.903. The van der Waals surface area contributed by atoms with Crippen LogP contribution in [0.2, 0.25) is 0 Å². The summed E-state index contributed by atoms with van der Waals surface area (Å²) in [7, 11) is -3.42. The fraction of sp³-hybridized carbons (Fsp3) is 0.300. The van der Waals surface area contributed by atoms with Crippen molar-refractivity contribution in [1.29, 1.82) is 0 Å². The van der Waals surface area contributed by atoms with Crippen molar-refractivity contribution in [2.45, 2.75) is 0 Å². The van der Waals surface area contributed by atoms with Crippen LogP contribution in [-0.4, -0.2) is 52.1 Å². The van der Waals surface area contributed by atoms with E-state index in [-0.39, 0.29) is 11.6 Å². The number of sulfonamides is 1. The van der Waals surface area contributed by atoms with Gasteiger partial charge in [-0.25, -0.2) is 12.8 Å². The summed E-state index contributed by atoms with van der Waals surface area (Å²) in [4.78, 5) is 1.25. The molecule has 2 aromatic carbocycles. The van der Waals surface area contributed by atoms with Gasteiger partial charge in [-0.2, -0.15) is 4.31 Å². The van der Waals surface area contributed by atoms with Crippen molar-refractivity contribution in [1.82, 2.24) is 4.31 Å². The van der Waals surface area contributed by atoms with Crippen LogP contribution in [0, 0.1) is 5.82 Å². The number of nitrogens with one attached hydrogen (secondary N) is 1. The topological polar surface area (TPSA) is 51.0 Å². The van der Waals surface area contributed by atoms with Crippen LogP contribution in [-0.2, 0) is 10.0 Å². The zero-order valence-corrected chi connectivity index (χ0v) is 15.9. The molecule has 144 valence electrons. The van der Waals surface area contributed by atoms with Gasteiger partial charge in [-0.1, -0.05) is 42.5 Å². The van der Waals surface area contributed by atoms with Crippen LogP contribution in [0.3, 0.4) is 0 Å². The van der Waals surface area contributed by atoms with Crippen LogP contribution in [0.5, 0.6) is 5.75 Å². The third kappa shape index (κ3) is 5.63. The van der Waals surface area contributed by atoms with Gasteiger partial charge in [-0.15, -0.1) is 0 Å². The molecule has 1 fully saturated rings. The summed E-state index contributed by atoms with van der Waals surface area (Å²) in [5.41, 5.74) is 0.857. The number of benzene rings is 2. The third-order valence-electron chi connectivity index (χ3n) is 4.57. The Morgan fingerprint density at radius 2 is 1.70 bits per heavy atom. The molecule has 27 heavy (non-hydrogen) atoms. The van der Waals surface area contributed by atoms with Gasteiger partial charge < -0.3 is 9.64 Å². The summed E-state index contributed by atoms with van der Waals surface area (Å²) in [5.74, 6) is -0.113. The molecule has 1 aliphatic heterocycles. The van der Waals surface area contributed by atoms with Gasteiger partial charge in [0.2, 0.25) is 10.0 Å². The Morgan fingerprint density at radius 3 is 2.41 bits per heavy atom. The van der Waals surface area contributed by atoms with E-state index in [0.717, 1.165) is 5.56 Å². The van der Waals surface area contributed by atoms with E-state index >= 15 is 0 Å². The van der Waals surface area contributed by atoms with Gasteiger partial charge in [0.1, 0.15) is 13.2 Å². The van der Waals surface area contributed by atoms with E-state index in [2.05, 4.69) is 0 Å². The Morgan fingerprint density at radius 1 is 1.04 bits per heavy atom. The van der Waals surface area contributed by atoms with E-state index in [4.69, 9.17) is 4.74 Å². The van der Waals surface area contributed by atoms with Crippen molar-refractivity contribution in [3.05, 3.63) is 71.4 Å². The number of hydrogen-bond acceptors (Lipinski definition) is 3. The third-order valence-corrected chi connectivity index (χ3v) is 6.14. The van der Waals surface area contributed by atoms with Gasteiger partial charge in [0.15, 0.2) is 11.6 Å². The predicted molar refractivity (Wildman–Crippen MR) is 103 cm³/mol. The molecule has 3 rings (SSSR count). The second kappa shape index (κ2) is 9.12. The molecule has 7 heteroatoms. The van der Waals surface area contributed by atoms with Crippen molar-refractivity contribution < 1.29 is 22.4 Å². The number of nitrogens with zero attached hydrogens (tertiary/aromatic N) is 1. The van der Waals surface area contributed by atoms with Gasteiger partial charge in [-0.3, -0.25) is 0 Å². The number of quaternary nitrogens is 1. The highest BCUT2D eigenvalue weighted by Gasteiger charge is 2.27. The van der Waals surface area contributed by atoms with Crippen molar-refractivity contribution in [2.24, 2.45) is 0 Å². The second-order valence-corrected chi connectivity index (χ2v) is 8.25. The molecule has 0 spiro atoms. The molecule has 1 heterocycles. The van der Waals surface area contributed by atoms with Gasteiger partial charge >= 0.3 is 0 Å². The Labute approximate surface area is 159 Å². The highest BCUT2D eigenvalue weighted by Crippen LogP contribution is 2.14. The second-order valence-electron chi connectivity index (χ2n) is 6.44. The molecule has 0 bridgehead atoms. The first kappa shape index (κ1) is 19.5. The van der Waals surface area contributed by atoms with Crippen LogP contribution in [0.1, 0.15) is 5.56 Å². The fourth-order valence-electron chi connectivity index (χ4n) is 2.99. The quantitative estimate of drug-likeness (QED) is 0.777. The molecule has 5 nitrogen and oxygen atoms in total. The fourth-order valence-corrected chi connectivity index (χ4v) is 4.18. The molecule has 0 saturated carbocycles. The Hall–Kier alpha value is -2.22. The van der Waals surface area contributed by atoms with Gasteiger partial charge in [0, 0.05) is 5.41 Å². The van der Waals surface area contributed by atoms with Gasteiger partial charge in [-0.05, 0) is 23.8 Å². The van der Waals surface area contributed by atoms with Crippen LogP contribution >= 0.6 is 0 Å². The maximum atomic E-state index is 13.5. The Balaban J connectivity index is 1.45. The van der Waals surface area contributed by atoms with E-state index in [1.165, 1.54) is 20.7 Å². The molecule has 0 unspecified atom stereocenters. The number of para-hydroxylation sites is 1. The monoisotopic (exact) mass is 391 g/mol. The predicted octanol–water partition coefficient (Wildman–Crippen LogP) is 1.41. The highest BCUT2D eigenvalue weighted by atomic mass is 32.2. The molecule has 2 aromatic rings. The standard InChI is InChI=1S/C20H23FN2O3S/c21-19-8-4-5-9-20(19)26-16-15-22-11-13-23(14-12-22)27(24,25)17-10-18-6-2-1-3-7-18/h1-10,17H,11-16H2/p+1/b17-10+. The lowest BCUT2D eigenvalue weighted by atomic mass is 10.2. The Kier molecular flexibility index (Phi) is 6.60. The number of rotatable bonds is 7. The van der Waals surface area contributed by atoms with Gasteiger partial charge in [0.25, 0.3) is 0 Å². The van der Waals surface area contributed by atoms with E-state index in [1.54, 1.807) is 24.3 Å². The van der Waals surface area contributed by atoms with E-state index in [1.807, 2.05) is 30.3 Å². The first-order chi connectivity index (χ1) is 13.0. The summed E-state index contributed by atoms with van der Waals surface area (Å²) < 4.78 is 45.4. The van der Waals surface area contributed by atoms with Crippen molar-refractivity contribution in [3.8, 4) is 5.75 Å². The summed E-state index contributed by atoms with van der Waals surface area (Å²) in [5, 5.41) is 1.27. The number of hydrogen-bond donors (Lipinski definition) is 1. The van der Waals surface area contributed by atoms with Crippen molar-refractivity contribution in [3.63, 3.8) is 0 Å². The summed E-state index contributed by atoms with van der Waals surface area (Å²) in [6.45, 7) is 3.46. The average molecular weight is 391 g/mol. The lowest BCUT2D eigenvalue weighted by Gasteiger charge is -2.30. The molecule has 0 atom stereocenters. The van der Waals surface area contributed by atoms with E-state index < -0.39 is 10.0 Å². The summed E-state index contributed by atoms with van der Waals surface area (Å²) in [6, 6.07) is 15.7. The molecule has 1 saturated heterocycles. The van der Waals surface area contributed by atoms with Crippen molar-refractivity contribution in [2.75, 3.05) is 39.3 Å². The minimum absolute atomic E-state index is 0.254. The highest BCUT2D eigenvalue weighted by molar-refractivity contribution is 7.92. The van der Waals surface area contributed by atoms with Crippen LogP contribution in [0.4, 0.5) is 4.39 Å². The van der Waals surface area contributed by atoms with Crippen LogP contribution in [0.25, 0.3) is 6.08 Å². The molecule has 0 amide bonds. The molecule has 0 radical (unpaired) electrons. The zero-order valence-electron chi connectivity index (χ0n) is 15.1. The van der Waals surface area contributed by atoms with Crippen LogP contribution < -0.4 is 9.64 Å². The maximum absolute atomic E-state index is 13.5. The first-order valence-electron chi connectivity index (χ1n) is 8.99. The number of halogens is 1. The van der Waals surface area contributed by atoms with E-state index in [0.29, 0.717) is 39.3 Å². The minimum atomic E-state index is -3.42. The number of piperazine rings is 1.